The largest absolute Gasteiger partial charge is 0.390 e. The molecule has 0 radical (unpaired) electrons. The molecule has 1 amide bonds. The Morgan fingerprint density at radius 1 is 1.32 bits per heavy atom. The van der Waals surface area contributed by atoms with E-state index in [1.807, 2.05) is 19.9 Å². The second kappa shape index (κ2) is 7.00. The van der Waals surface area contributed by atoms with E-state index in [9.17, 15) is 9.90 Å². The first-order chi connectivity index (χ1) is 11.7. The van der Waals surface area contributed by atoms with Crippen molar-refractivity contribution in [1.82, 2.24) is 15.3 Å². The standard InChI is InChI=1S/C19H27N3O2S/c1-11(2)18-22-16-15(25-18)9-12(10-20-16)17(23)21-14-7-5-13(6-8-14)19(3,4)24/h9-11,13-14,24H,5-8H2,1-4H3,(H,21,23). The van der Waals surface area contributed by atoms with Crippen molar-refractivity contribution in [2.75, 3.05) is 0 Å². The van der Waals surface area contributed by atoms with Crippen LogP contribution in [-0.4, -0.2) is 32.6 Å². The minimum absolute atomic E-state index is 0.0689. The van der Waals surface area contributed by atoms with Gasteiger partial charge in [0.1, 0.15) is 0 Å². The summed E-state index contributed by atoms with van der Waals surface area (Å²) >= 11 is 1.60. The Kier molecular flexibility index (Phi) is 5.11. The molecule has 1 aliphatic rings. The summed E-state index contributed by atoms with van der Waals surface area (Å²) in [4.78, 5) is 21.4. The van der Waals surface area contributed by atoms with Crippen molar-refractivity contribution in [2.24, 2.45) is 5.92 Å². The van der Waals surface area contributed by atoms with Crippen LogP contribution >= 0.6 is 11.3 Å². The highest BCUT2D eigenvalue weighted by Crippen LogP contribution is 2.32. The van der Waals surface area contributed by atoms with Gasteiger partial charge in [-0.3, -0.25) is 4.79 Å². The van der Waals surface area contributed by atoms with Gasteiger partial charge in [0, 0.05) is 18.2 Å². The van der Waals surface area contributed by atoms with Crippen LogP contribution in [-0.2, 0) is 0 Å². The molecule has 2 N–H and O–H groups in total. The van der Waals surface area contributed by atoms with Crippen molar-refractivity contribution in [3.63, 3.8) is 0 Å². The van der Waals surface area contributed by atoms with E-state index in [2.05, 4.69) is 29.1 Å². The van der Waals surface area contributed by atoms with E-state index in [1.54, 1.807) is 17.5 Å². The van der Waals surface area contributed by atoms with Gasteiger partial charge in [0.15, 0.2) is 5.65 Å². The Morgan fingerprint density at radius 2 is 2.00 bits per heavy atom. The summed E-state index contributed by atoms with van der Waals surface area (Å²) < 4.78 is 0.960. The van der Waals surface area contributed by atoms with Crippen molar-refractivity contribution >= 4 is 27.6 Å². The number of amides is 1. The molecule has 6 heteroatoms. The van der Waals surface area contributed by atoms with Crippen LogP contribution < -0.4 is 5.32 Å². The predicted molar refractivity (Wildman–Crippen MR) is 101 cm³/mol. The van der Waals surface area contributed by atoms with Crippen LogP contribution in [0.25, 0.3) is 10.3 Å². The molecule has 1 saturated carbocycles. The molecule has 1 fully saturated rings. The minimum Gasteiger partial charge on any atom is -0.390 e. The highest BCUT2D eigenvalue weighted by molar-refractivity contribution is 7.18. The topological polar surface area (TPSA) is 75.1 Å². The van der Waals surface area contributed by atoms with E-state index in [0.29, 0.717) is 17.4 Å². The second-order valence-corrected chi connectivity index (χ2v) is 8.99. The summed E-state index contributed by atoms with van der Waals surface area (Å²) in [5.41, 5.74) is 0.677. The van der Waals surface area contributed by atoms with E-state index in [4.69, 9.17) is 0 Å². The van der Waals surface area contributed by atoms with Crippen molar-refractivity contribution < 1.29 is 9.90 Å². The number of carbonyl (C=O) groups excluding carboxylic acids is 1. The van der Waals surface area contributed by atoms with Crippen molar-refractivity contribution in [3.8, 4) is 0 Å². The summed E-state index contributed by atoms with van der Waals surface area (Å²) in [6.07, 6.45) is 5.32. The molecule has 0 atom stereocenters. The zero-order valence-electron chi connectivity index (χ0n) is 15.4. The van der Waals surface area contributed by atoms with Gasteiger partial charge in [-0.05, 0) is 51.5 Å². The molecule has 0 saturated heterocycles. The number of aliphatic hydroxyl groups is 1. The third-order valence-electron chi connectivity index (χ3n) is 5.08. The first-order valence-electron chi connectivity index (χ1n) is 9.03. The lowest BCUT2D eigenvalue weighted by Crippen LogP contribution is -2.41. The van der Waals surface area contributed by atoms with Crippen LogP contribution in [0, 0.1) is 5.92 Å². The molecule has 0 aliphatic heterocycles. The van der Waals surface area contributed by atoms with E-state index in [-0.39, 0.29) is 11.9 Å². The number of pyridine rings is 1. The number of aromatic nitrogens is 2. The van der Waals surface area contributed by atoms with Crippen molar-refractivity contribution in [2.45, 2.75) is 70.9 Å². The normalized spacial score (nSPS) is 21.7. The van der Waals surface area contributed by atoms with Gasteiger partial charge in [0.05, 0.1) is 20.9 Å². The zero-order chi connectivity index (χ0) is 18.2. The number of nitrogens with zero attached hydrogens (tertiary/aromatic N) is 2. The molecular formula is C19H27N3O2S. The van der Waals surface area contributed by atoms with Gasteiger partial charge < -0.3 is 10.4 Å². The Balaban J connectivity index is 1.65. The molecule has 0 bridgehead atoms. The lowest BCUT2D eigenvalue weighted by atomic mass is 9.77. The number of thiazole rings is 1. The lowest BCUT2D eigenvalue weighted by Gasteiger charge is -2.36. The third kappa shape index (κ3) is 4.18. The van der Waals surface area contributed by atoms with Gasteiger partial charge in [-0.25, -0.2) is 9.97 Å². The Hall–Kier alpha value is -1.53. The average Bonchev–Trinajstić information content (AvgIpc) is 2.98. The van der Waals surface area contributed by atoms with Gasteiger partial charge in [-0.2, -0.15) is 0 Å². The van der Waals surface area contributed by atoms with Crippen LogP contribution in [0.1, 0.15) is 74.7 Å². The van der Waals surface area contributed by atoms with E-state index in [1.165, 1.54) is 0 Å². The van der Waals surface area contributed by atoms with Crippen molar-refractivity contribution in [1.29, 1.82) is 0 Å². The molecule has 1 aliphatic carbocycles. The maximum Gasteiger partial charge on any atom is 0.253 e. The zero-order valence-corrected chi connectivity index (χ0v) is 16.2. The average molecular weight is 362 g/mol. The number of carbonyl (C=O) groups is 1. The summed E-state index contributed by atoms with van der Waals surface area (Å²) in [6, 6.07) is 2.07. The number of fused-ring (bicyclic) bond motifs is 1. The number of rotatable bonds is 4. The lowest BCUT2D eigenvalue weighted by molar-refractivity contribution is -0.00257. The van der Waals surface area contributed by atoms with Gasteiger partial charge in [-0.1, -0.05) is 13.8 Å². The maximum atomic E-state index is 12.6. The van der Waals surface area contributed by atoms with Crippen LogP contribution in [0.4, 0.5) is 0 Å². The molecule has 0 spiro atoms. The van der Waals surface area contributed by atoms with E-state index < -0.39 is 5.60 Å². The van der Waals surface area contributed by atoms with Gasteiger partial charge in [-0.15, -0.1) is 11.3 Å². The van der Waals surface area contributed by atoms with Crippen molar-refractivity contribution in [3.05, 3.63) is 22.8 Å². The summed E-state index contributed by atoms with van der Waals surface area (Å²) in [7, 11) is 0. The fourth-order valence-corrected chi connectivity index (χ4v) is 4.39. The summed E-state index contributed by atoms with van der Waals surface area (Å²) in [6.45, 7) is 7.96. The molecule has 25 heavy (non-hydrogen) atoms. The quantitative estimate of drug-likeness (QED) is 0.867. The molecular weight excluding hydrogens is 334 g/mol. The van der Waals surface area contributed by atoms with Crippen LogP contribution in [0.15, 0.2) is 12.3 Å². The molecule has 2 aromatic rings. The fraction of sp³-hybridized carbons (Fsp3) is 0.632. The number of hydrogen-bond acceptors (Lipinski definition) is 5. The molecule has 2 aromatic heterocycles. The Labute approximate surface area is 152 Å². The first-order valence-corrected chi connectivity index (χ1v) is 9.85. The van der Waals surface area contributed by atoms with Gasteiger partial charge in [0.25, 0.3) is 5.91 Å². The number of hydrogen-bond donors (Lipinski definition) is 2. The first kappa shape index (κ1) is 18.3. The molecule has 2 heterocycles. The van der Waals surface area contributed by atoms with Crippen LogP contribution in [0.2, 0.25) is 0 Å². The van der Waals surface area contributed by atoms with Gasteiger partial charge >= 0.3 is 0 Å². The minimum atomic E-state index is -0.635. The van der Waals surface area contributed by atoms with Gasteiger partial charge in [0.2, 0.25) is 0 Å². The summed E-state index contributed by atoms with van der Waals surface area (Å²) in [5, 5.41) is 14.3. The Bertz CT molecular complexity index is 756. The van der Waals surface area contributed by atoms with E-state index >= 15 is 0 Å². The van der Waals surface area contributed by atoms with E-state index in [0.717, 1.165) is 41.0 Å². The fourth-order valence-electron chi connectivity index (χ4n) is 3.42. The smallest absolute Gasteiger partial charge is 0.253 e. The molecule has 136 valence electrons. The van der Waals surface area contributed by atoms with Crippen LogP contribution in [0.5, 0.6) is 0 Å². The highest BCUT2D eigenvalue weighted by atomic mass is 32.1. The predicted octanol–water partition coefficient (Wildman–Crippen LogP) is 3.87. The molecule has 0 aromatic carbocycles. The third-order valence-corrected chi connectivity index (χ3v) is 6.37. The SMILES string of the molecule is CC(C)c1nc2ncc(C(=O)NC3CCC(C(C)(C)O)CC3)cc2s1. The summed E-state index contributed by atoms with van der Waals surface area (Å²) in [5.74, 6) is 0.605. The monoisotopic (exact) mass is 361 g/mol. The Morgan fingerprint density at radius 3 is 2.60 bits per heavy atom. The second-order valence-electron chi connectivity index (χ2n) is 7.93. The number of nitrogens with one attached hydrogen (secondary N) is 1. The van der Waals surface area contributed by atoms with Crippen LogP contribution in [0.3, 0.4) is 0 Å². The maximum absolute atomic E-state index is 12.6. The molecule has 0 unspecified atom stereocenters. The highest BCUT2D eigenvalue weighted by Gasteiger charge is 2.31. The molecule has 3 rings (SSSR count). The molecule has 5 nitrogen and oxygen atoms in total.